The van der Waals surface area contributed by atoms with Gasteiger partial charge in [-0.15, -0.1) is 0 Å². The Labute approximate surface area is 150 Å². The van der Waals surface area contributed by atoms with Gasteiger partial charge < -0.3 is 9.15 Å². The van der Waals surface area contributed by atoms with Crippen LogP contribution in [0.3, 0.4) is 0 Å². The summed E-state index contributed by atoms with van der Waals surface area (Å²) < 4.78 is 13.0. The van der Waals surface area contributed by atoms with Crippen molar-refractivity contribution in [3.63, 3.8) is 0 Å². The van der Waals surface area contributed by atoms with Crippen LogP contribution in [-0.4, -0.2) is 15.6 Å². The predicted molar refractivity (Wildman–Crippen MR) is 95.8 cm³/mol. The van der Waals surface area contributed by atoms with E-state index in [2.05, 4.69) is 5.10 Å². The van der Waals surface area contributed by atoms with Gasteiger partial charge in [-0.05, 0) is 42.8 Å². The number of aryl methyl sites for hydroxylation is 2. The summed E-state index contributed by atoms with van der Waals surface area (Å²) in [7, 11) is 1.76. The number of halogens is 1. The monoisotopic (exact) mass is 356 g/mol. The average molecular weight is 357 g/mol. The van der Waals surface area contributed by atoms with E-state index in [0.29, 0.717) is 27.9 Å². The van der Waals surface area contributed by atoms with Crippen molar-refractivity contribution >= 4 is 23.5 Å². The molecule has 0 unspecified atom stereocenters. The van der Waals surface area contributed by atoms with Crippen LogP contribution >= 0.6 is 11.6 Å². The first kappa shape index (κ1) is 17.0. The van der Waals surface area contributed by atoms with Gasteiger partial charge in [0.15, 0.2) is 5.78 Å². The maximum Gasteiger partial charge on any atom is 0.189 e. The van der Waals surface area contributed by atoms with Crippen molar-refractivity contribution in [1.82, 2.24) is 9.78 Å². The summed E-state index contributed by atoms with van der Waals surface area (Å²) in [5.41, 5.74) is 1.49. The number of carbonyl (C=O) groups is 1. The highest BCUT2D eigenvalue weighted by atomic mass is 35.5. The van der Waals surface area contributed by atoms with Crippen molar-refractivity contribution in [2.45, 2.75) is 13.5 Å². The number of para-hydroxylation sites is 1. The minimum absolute atomic E-state index is 0.131. The number of rotatable bonds is 6. The number of hydrogen-bond donors (Lipinski definition) is 0. The molecule has 0 fully saturated rings. The smallest absolute Gasteiger partial charge is 0.189 e. The molecule has 128 valence electrons. The molecule has 0 atom stereocenters. The van der Waals surface area contributed by atoms with Gasteiger partial charge in [0.05, 0.1) is 16.8 Å². The van der Waals surface area contributed by atoms with Crippen molar-refractivity contribution in [2.24, 2.45) is 7.05 Å². The molecule has 5 nitrogen and oxygen atoms in total. The fourth-order valence-electron chi connectivity index (χ4n) is 2.31. The summed E-state index contributed by atoms with van der Waals surface area (Å²) in [4.78, 5) is 12.0. The Balaban J connectivity index is 1.62. The number of ether oxygens (including phenoxy) is 1. The van der Waals surface area contributed by atoms with Gasteiger partial charge in [-0.25, -0.2) is 0 Å². The fourth-order valence-corrected chi connectivity index (χ4v) is 2.58. The molecule has 0 saturated carbocycles. The van der Waals surface area contributed by atoms with Crippen LogP contribution in [-0.2, 0) is 13.7 Å². The molecule has 2 aromatic heterocycles. The number of furan rings is 1. The molecule has 0 amide bonds. The Hall–Kier alpha value is -2.79. The molecule has 0 bridgehead atoms. The lowest BCUT2D eigenvalue weighted by molar-refractivity contribution is 0.104. The molecule has 0 N–H and O–H groups in total. The zero-order valence-corrected chi connectivity index (χ0v) is 14.7. The van der Waals surface area contributed by atoms with Crippen LogP contribution in [0.1, 0.15) is 27.4 Å². The van der Waals surface area contributed by atoms with Gasteiger partial charge >= 0.3 is 0 Å². The Bertz CT molecular complexity index is 904. The van der Waals surface area contributed by atoms with Crippen molar-refractivity contribution in [3.8, 4) is 5.75 Å². The van der Waals surface area contributed by atoms with Crippen LogP contribution in [0.25, 0.3) is 6.08 Å². The van der Waals surface area contributed by atoms with Gasteiger partial charge in [-0.1, -0.05) is 23.7 Å². The Kier molecular flexibility index (Phi) is 5.05. The molecule has 0 saturated heterocycles. The molecule has 3 rings (SSSR count). The Morgan fingerprint density at radius 3 is 2.92 bits per heavy atom. The SMILES string of the molecule is Cc1cccc(Cl)c1OCc1ccc(/C=C/C(=O)c2cnn(C)c2)o1. The van der Waals surface area contributed by atoms with Crippen molar-refractivity contribution in [2.75, 3.05) is 0 Å². The highest BCUT2D eigenvalue weighted by Gasteiger charge is 2.08. The number of carbonyl (C=O) groups excluding carboxylic acids is 1. The molecular weight excluding hydrogens is 340 g/mol. The standard InChI is InChI=1S/C19H17ClN2O3/c1-13-4-3-5-17(20)19(13)24-12-16-7-6-15(25-16)8-9-18(23)14-10-21-22(2)11-14/h3-11H,12H2,1-2H3/b9-8+. The van der Waals surface area contributed by atoms with Gasteiger partial charge in [0.1, 0.15) is 23.9 Å². The summed E-state index contributed by atoms with van der Waals surface area (Å²) in [6, 6.07) is 9.18. The highest BCUT2D eigenvalue weighted by Crippen LogP contribution is 2.28. The van der Waals surface area contributed by atoms with Gasteiger partial charge in [0, 0.05) is 13.2 Å². The third-order valence-corrected chi connectivity index (χ3v) is 3.89. The van der Waals surface area contributed by atoms with Crippen molar-refractivity contribution < 1.29 is 13.9 Å². The van der Waals surface area contributed by atoms with E-state index in [4.69, 9.17) is 20.8 Å². The van der Waals surface area contributed by atoms with E-state index in [9.17, 15) is 4.79 Å². The van der Waals surface area contributed by atoms with Crippen LogP contribution in [0, 0.1) is 6.92 Å². The molecule has 0 spiro atoms. The number of hydrogen-bond acceptors (Lipinski definition) is 4. The lowest BCUT2D eigenvalue weighted by atomic mass is 10.2. The van der Waals surface area contributed by atoms with Crippen LogP contribution in [0.15, 0.2) is 53.2 Å². The van der Waals surface area contributed by atoms with E-state index >= 15 is 0 Å². The van der Waals surface area contributed by atoms with Gasteiger partial charge in [-0.3, -0.25) is 9.48 Å². The highest BCUT2D eigenvalue weighted by molar-refractivity contribution is 6.32. The second-order valence-electron chi connectivity index (χ2n) is 5.58. The van der Waals surface area contributed by atoms with E-state index in [1.165, 1.54) is 12.3 Å². The second kappa shape index (κ2) is 7.40. The molecule has 1 aromatic carbocycles. The lowest BCUT2D eigenvalue weighted by Gasteiger charge is -2.09. The first-order valence-corrected chi connectivity index (χ1v) is 8.08. The molecule has 0 aliphatic rings. The van der Waals surface area contributed by atoms with Gasteiger partial charge in [0.2, 0.25) is 0 Å². The molecule has 3 aromatic rings. The summed E-state index contributed by atoms with van der Waals surface area (Å²) >= 11 is 6.13. The zero-order valence-electron chi connectivity index (χ0n) is 13.9. The van der Waals surface area contributed by atoms with Crippen LogP contribution in [0.4, 0.5) is 0 Å². The maximum absolute atomic E-state index is 12.0. The normalized spacial score (nSPS) is 11.2. The first-order valence-electron chi connectivity index (χ1n) is 7.70. The molecule has 25 heavy (non-hydrogen) atoms. The second-order valence-corrected chi connectivity index (χ2v) is 5.99. The average Bonchev–Trinajstić information content (AvgIpc) is 3.21. The van der Waals surface area contributed by atoms with E-state index in [1.807, 2.05) is 19.1 Å². The summed E-state index contributed by atoms with van der Waals surface area (Å²) in [5, 5.41) is 4.54. The van der Waals surface area contributed by atoms with Crippen LogP contribution in [0.2, 0.25) is 5.02 Å². The summed E-state index contributed by atoms with van der Waals surface area (Å²) in [5.74, 6) is 1.73. The summed E-state index contributed by atoms with van der Waals surface area (Å²) in [6.45, 7) is 2.19. The summed E-state index contributed by atoms with van der Waals surface area (Å²) in [6.07, 6.45) is 6.28. The third-order valence-electron chi connectivity index (χ3n) is 3.59. The van der Waals surface area contributed by atoms with E-state index < -0.39 is 0 Å². The molecule has 0 radical (unpaired) electrons. The predicted octanol–water partition coefficient (Wildman–Crippen LogP) is 4.45. The number of ketones is 1. The van der Waals surface area contributed by atoms with E-state index in [-0.39, 0.29) is 12.4 Å². The van der Waals surface area contributed by atoms with Crippen LogP contribution in [0.5, 0.6) is 5.75 Å². The number of aromatic nitrogens is 2. The minimum atomic E-state index is -0.131. The van der Waals surface area contributed by atoms with Crippen molar-refractivity contribution in [1.29, 1.82) is 0 Å². The number of benzene rings is 1. The maximum atomic E-state index is 12.0. The first-order chi connectivity index (χ1) is 12.0. The van der Waals surface area contributed by atoms with E-state index in [0.717, 1.165) is 5.56 Å². The molecule has 0 aliphatic carbocycles. The van der Waals surface area contributed by atoms with Gasteiger partial charge in [0.25, 0.3) is 0 Å². The molecular formula is C19H17ClN2O3. The topological polar surface area (TPSA) is 57.3 Å². The number of nitrogens with zero attached hydrogens (tertiary/aromatic N) is 2. The van der Waals surface area contributed by atoms with Crippen molar-refractivity contribution in [3.05, 3.63) is 76.5 Å². The largest absolute Gasteiger partial charge is 0.484 e. The Morgan fingerprint density at radius 2 is 2.20 bits per heavy atom. The third kappa shape index (κ3) is 4.19. The molecule has 6 heteroatoms. The van der Waals surface area contributed by atoms with Crippen LogP contribution < -0.4 is 4.74 Å². The number of allylic oxidation sites excluding steroid dienone is 1. The molecule has 0 aliphatic heterocycles. The lowest BCUT2D eigenvalue weighted by Crippen LogP contribution is -1.96. The van der Waals surface area contributed by atoms with E-state index in [1.54, 1.807) is 42.2 Å². The van der Waals surface area contributed by atoms with Gasteiger partial charge in [-0.2, -0.15) is 5.10 Å². The minimum Gasteiger partial charge on any atom is -0.484 e. The Morgan fingerprint density at radius 1 is 1.36 bits per heavy atom. The fraction of sp³-hybridized carbons (Fsp3) is 0.158. The molecule has 2 heterocycles. The quantitative estimate of drug-likeness (QED) is 0.483. The zero-order chi connectivity index (χ0) is 17.8.